The Balaban J connectivity index is 2.43. The minimum Gasteiger partial charge on any atom is -0.388 e. The standard InChI is InChI=1S/C12H25N3O/c1-10(2)8-15(6-5-12(13)14)11-4-3-7-16-9-11/h10-11H,3-9H2,1-2H3,(H3,13,14). The summed E-state index contributed by atoms with van der Waals surface area (Å²) >= 11 is 0. The molecule has 0 aromatic heterocycles. The molecule has 1 aliphatic rings. The van der Waals surface area contributed by atoms with Gasteiger partial charge in [0.2, 0.25) is 0 Å². The summed E-state index contributed by atoms with van der Waals surface area (Å²) in [5, 5.41) is 7.30. The van der Waals surface area contributed by atoms with Crippen LogP contribution in [0.2, 0.25) is 0 Å². The van der Waals surface area contributed by atoms with Gasteiger partial charge in [-0.3, -0.25) is 10.3 Å². The highest BCUT2D eigenvalue weighted by atomic mass is 16.5. The predicted octanol–water partition coefficient (Wildman–Crippen LogP) is 1.45. The Morgan fingerprint density at radius 1 is 1.56 bits per heavy atom. The molecule has 3 N–H and O–H groups in total. The van der Waals surface area contributed by atoms with Crippen LogP contribution in [0, 0.1) is 11.3 Å². The van der Waals surface area contributed by atoms with Gasteiger partial charge in [-0.15, -0.1) is 0 Å². The third-order valence-electron chi connectivity index (χ3n) is 2.92. The van der Waals surface area contributed by atoms with Crippen LogP contribution in [0.15, 0.2) is 0 Å². The van der Waals surface area contributed by atoms with Gasteiger partial charge in [0.05, 0.1) is 12.4 Å². The fourth-order valence-corrected chi connectivity index (χ4v) is 2.17. The van der Waals surface area contributed by atoms with Gasteiger partial charge in [0, 0.05) is 32.2 Å². The summed E-state index contributed by atoms with van der Waals surface area (Å²) in [7, 11) is 0. The van der Waals surface area contributed by atoms with Crippen LogP contribution in [0.3, 0.4) is 0 Å². The van der Waals surface area contributed by atoms with Gasteiger partial charge in [0.1, 0.15) is 0 Å². The second kappa shape index (κ2) is 6.86. The topological polar surface area (TPSA) is 62.3 Å². The van der Waals surface area contributed by atoms with E-state index in [1.54, 1.807) is 0 Å². The van der Waals surface area contributed by atoms with E-state index in [-0.39, 0.29) is 5.84 Å². The van der Waals surface area contributed by atoms with Gasteiger partial charge < -0.3 is 10.5 Å². The molecule has 0 aromatic carbocycles. The highest BCUT2D eigenvalue weighted by molar-refractivity contribution is 5.76. The molecule has 0 saturated carbocycles. The van der Waals surface area contributed by atoms with E-state index < -0.39 is 0 Å². The number of hydrogen-bond acceptors (Lipinski definition) is 3. The fourth-order valence-electron chi connectivity index (χ4n) is 2.17. The van der Waals surface area contributed by atoms with Crippen molar-refractivity contribution in [3.8, 4) is 0 Å². The number of amidine groups is 1. The Morgan fingerprint density at radius 2 is 2.31 bits per heavy atom. The number of nitrogens with one attached hydrogen (secondary N) is 1. The first-order valence-corrected chi connectivity index (χ1v) is 6.24. The van der Waals surface area contributed by atoms with E-state index in [0.717, 1.165) is 32.7 Å². The molecule has 4 heteroatoms. The molecule has 94 valence electrons. The monoisotopic (exact) mass is 227 g/mol. The summed E-state index contributed by atoms with van der Waals surface area (Å²) < 4.78 is 5.52. The Hall–Kier alpha value is -0.610. The normalized spacial score (nSPS) is 21.6. The van der Waals surface area contributed by atoms with Crippen LogP contribution < -0.4 is 5.73 Å². The van der Waals surface area contributed by atoms with Gasteiger partial charge in [0.25, 0.3) is 0 Å². The van der Waals surface area contributed by atoms with Gasteiger partial charge in [0.15, 0.2) is 0 Å². The summed E-state index contributed by atoms with van der Waals surface area (Å²) in [6, 6.07) is 0.524. The Kier molecular flexibility index (Phi) is 5.77. The van der Waals surface area contributed by atoms with Gasteiger partial charge >= 0.3 is 0 Å². The van der Waals surface area contributed by atoms with Crippen molar-refractivity contribution in [2.24, 2.45) is 11.7 Å². The molecule has 1 rings (SSSR count). The van der Waals surface area contributed by atoms with Gasteiger partial charge in [-0.05, 0) is 18.8 Å². The molecule has 0 spiro atoms. The van der Waals surface area contributed by atoms with Crippen LogP contribution in [0.25, 0.3) is 0 Å². The number of hydrogen-bond donors (Lipinski definition) is 2. The summed E-state index contributed by atoms with van der Waals surface area (Å²) in [4.78, 5) is 2.44. The first-order chi connectivity index (χ1) is 7.59. The van der Waals surface area contributed by atoms with Crippen molar-refractivity contribution < 1.29 is 4.74 Å². The van der Waals surface area contributed by atoms with Crippen molar-refractivity contribution in [1.29, 1.82) is 5.41 Å². The van der Waals surface area contributed by atoms with Crippen LogP contribution in [-0.4, -0.2) is 43.1 Å². The average molecular weight is 227 g/mol. The van der Waals surface area contributed by atoms with Crippen LogP contribution in [-0.2, 0) is 4.74 Å². The first kappa shape index (κ1) is 13.5. The second-order valence-corrected chi connectivity index (χ2v) is 5.03. The fraction of sp³-hybridized carbons (Fsp3) is 0.917. The molecular weight excluding hydrogens is 202 g/mol. The van der Waals surface area contributed by atoms with Crippen LogP contribution >= 0.6 is 0 Å². The molecule has 0 aromatic rings. The van der Waals surface area contributed by atoms with Gasteiger partial charge in [-0.25, -0.2) is 0 Å². The summed E-state index contributed by atoms with van der Waals surface area (Å²) in [5.41, 5.74) is 5.43. The van der Waals surface area contributed by atoms with Crippen LogP contribution in [0.1, 0.15) is 33.1 Å². The number of nitrogens with zero attached hydrogens (tertiary/aromatic N) is 1. The lowest BCUT2D eigenvalue weighted by Crippen LogP contribution is -2.44. The van der Waals surface area contributed by atoms with Gasteiger partial charge in [-0.1, -0.05) is 13.8 Å². The zero-order valence-electron chi connectivity index (χ0n) is 10.5. The molecule has 1 fully saturated rings. The van der Waals surface area contributed by atoms with E-state index in [9.17, 15) is 0 Å². The maximum absolute atomic E-state index is 7.30. The quantitative estimate of drug-likeness (QED) is 0.533. The Morgan fingerprint density at radius 3 is 2.81 bits per heavy atom. The summed E-state index contributed by atoms with van der Waals surface area (Å²) in [5.74, 6) is 0.930. The third-order valence-corrected chi connectivity index (χ3v) is 2.92. The predicted molar refractivity (Wildman–Crippen MR) is 66.8 cm³/mol. The minimum absolute atomic E-state index is 0.283. The highest BCUT2D eigenvalue weighted by Crippen LogP contribution is 2.15. The second-order valence-electron chi connectivity index (χ2n) is 5.03. The van der Waals surface area contributed by atoms with Crippen LogP contribution in [0.4, 0.5) is 0 Å². The van der Waals surface area contributed by atoms with E-state index in [1.807, 2.05) is 0 Å². The van der Waals surface area contributed by atoms with E-state index >= 15 is 0 Å². The van der Waals surface area contributed by atoms with Crippen molar-refractivity contribution in [3.63, 3.8) is 0 Å². The maximum Gasteiger partial charge on any atom is 0.0918 e. The van der Waals surface area contributed by atoms with E-state index in [0.29, 0.717) is 18.4 Å². The van der Waals surface area contributed by atoms with Crippen molar-refractivity contribution in [2.75, 3.05) is 26.3 Å². The van der Waals surface area contributed by atoms with E-state index in [4.69, 9.17) is 15.9 Å². The molecular formula is C12H25N3O. The SMILES string of the molecule is CC(C)CN(CCC(=N)N)C1CCCOC1. The Labute approximate surface area is 98.6 Å². The molecule has 0 amide bonds. The molecule has 0 bridgehead atoms. The molecule has 1 atom stereocenters. The molecule has 16 heavy (non-hydrogen) atoms. The zero-order valence-corrected chi connectivity index (χ0v) is 10.5. The van der Waals surface area contributed by atoms with E-state index in [1.165, 1.54) is 6.42 Å². The lowest BCUT2D eigenvalue weighted by atomic mass is 10.1. The molecule has 1 unspecified atom stereocenters. The zero-order chi connectivity index (χ0) is 12.0. The third kappa shape index (κ3) is 4.94. The van der Waals surface area contributed by atoms with Crippen molar-refractivity contribution in [2.45, 2.75) is 39.2 Å². The molecule has 4 nitrogen and oxygen atoms in total. The molecule has 0 aliphatic carbocycles. The summed E-state index contributed by atoms with van der Waals surface area (Å²) in [6.45, 7) is 8.15. The molecule has 0 radical (unpaired) electrons. The largest absolute Gasteiger partial charge is 0.388 e. The molecule has 1 heterocycles. The first-order valence-electron chi connectivity index (χ1n) is 6.24. The average Bonchev–Trinajstić information content (AvgIpc) is 2.25. The van der Waals surface area contributed by atoms with Gasteiger partial charge in [-0.2, -0.15) is 0 Å². The lowest BCUT2D eigenvalue weighted by molar-refractivity contribution is 0.0146. The minimum atomic E-state index is 0.283. The number of rotatable bonds is 6. The van der Waals surface area contributed by atoms with Crippen molar-refractivity contribution in [1.82, 2.24) is 4.90 Å². The van der Waals surface area contributed by atoms with Crippen molar-refractivity contribution in [3.05, 3.63) is 0 Å². The maximum atomic E-state index is 7.30. The number of ether oxygens (including phenoxy) is 1. The lowest BCUT2D eigenvalue weighted by Gasteiger charge is -2.35. The van der Waals surface area contributed by atoms with Crippen LogP contribution in [0.5, 0.6) is 0 Å². The summed E-state index contributed by atoms with van der Waals surface area (Å²) in [6.07, 6.45) is 3.03. The smallest absolute Gasteiger partial charge is 0.0918 e. The molecule has 1 aliphatic heterocycles. The Bertz CT molecular complexity index is 212. The van der Waals surface area contributed by atoms with E-state index in [2.05, 4.69) is 18.7 Å². The number of nitrogens with two attached hydrogens (primary N) is 1. The van der Waals surface area contributed by atoms with Crippen molar-refractivity contribution >= 4 is 5.84 Å². The highest BCUT2D eigenvalue weighted by Gasteiger charge is 2.21. The molecule has 1 saturated heterocycles.